The van der Waals surface area contributed by atoms with Crippen molar-refractivity contribution in [3.05, 3.63) is 93.8 Å². The van der Waals surface area contributed by atoms with Gasteiger partial charge in [-0.3, -0.25) is 9.59 Å². The van der Waals surface area contributed by atoms with E-state index in [1.165, 1.54) is 12.7 Å². The van der Waals surface area contributed by atoms with Gasteiger partial charge in [0.25, 0.3) is 12.4 Å². The molecule has 36 heavy (non-hydrogen) atoms. The van der Waals surface area contributed by atoms with Crippen molar-refractivity contribution in [2.45, 2.75) is 52.7 Å². The predicted molar refractivity (Wildman–Crippen MR) is 139 cm³/mol. The molecule has 0 radical (unpaired) electrons. The van der Waals surface area contributed by atoms with Gasteiger partial charge in [0.05, 0.1) is 12.6 Å². The van der Waals surface area contributed by atoms with Gasteiger partial charge >= 0.3 is 0 Å². The van der Waals surface area contributed by atoms with E-state index in [1.54, 1.807) is 13.8 Å². The van der Waals surface area contributed by atoms with Crippen LogP contribution in [0.5, 0.6) is 0 Å². The minimum atomic E-state index is -0.751. The molecular weight excluding hydrogens is 457 g/mol. The van der Waals surface area contributed by atoms with Crippen LogP contribution in [0.15, 0.2) is 54.6 Å². The zero-order valence-corrected chi connectivity index (χ0v) is 21.6. The second-order valence-corrected chi connectivity index (χ2v) is 8.86. The topological polar surface area (TPSA) is 64.6 Å². The zero-order chi connectivity index (χ0) is 26.2. The van der Waals surface area contributed by atoms with Crippen molar-refractivity contribution >= 4 is 12.4 Å². The molecule has 1 heterocycles. The molecule has 4 rings (SSSR count). The van der Waals surface area contributed by atoms with Crippen molar-refractivity contribution in [2.75, 3.05) is 13.7 Å². The monoisotopic (exact) mass is 491 g/mol. The Balaban J connectivity index is 0.000000658. The fourth-order valence-electron chi connectivity index (χ4n) is 4.68. The maximum atomic E-state index is 15.2. The molecule has 2 atom stereocenters. The fraction of sp³-hybridized carbons (Fsp3) is 0.333. The summed E-state index contributed by atoms with van der Waals surface area (Å²) < 4.78 is 25.0. The Kier molecular flexibility index (Phi) is 9.37. The number of ether oxygens (including phenoxy) is 2. The molecule has 0 spiro atoms. The average Bonchev–Trinajstić information content (AvgIpc) is 2.86. The van der Waals surface area contributed by atoms with Gasteiger partial charge in [0.15, 0.2) is 6.10 Å². The first-order valence-corrected chi connectivity index (χ1v) is 12.2. The Morgan fingerprint density at radius 3 is 2.44 bits per heavy atom. The third-order valence-corrected chi connectivity index (χ3v) is 6.39. The van der Waals surface area contributed by atoms with Crippen LogP contribution < -0.4 is 5.32 Å². The summed E-state index contributed by atoms with van der Waals surface area (Å²) in [6.45, 7) is 8.49. The van der Waals surface area contributed by atoms with E-state index in [-0.39, 0.29) is 11.7 Å². The summed E-state index contributed by atoms with van der Waals surface area (Å²) in [5, 5.41) is 3.03. The SMILES string of the molecule is CCOC=O.CC[C@@H]1NC(=O)C(OC)c2cccc(c2)Cc2cccc(C)c2-c2cc(C)c(F)c1c2. The van der Waals surface area contributed by atoms with Gasteiger partial charge in [-0.05, 0) is 84.7 Å². The largest absolute Gasteiger partial charge is 0.468 e. The van der Waals surface area contributed by atoms with Crippen LogP contribution in [0, 0.1) is 19.7 Å². The number of fused-ring (bicyclic) bond motifs is 6. The minimum Gasteiger partial charge on any atom is -0.468 e. The van der Waals surface area contributed by atoms with Crippen LogP contribution in [0.25, 0.3) is 11.1 Å². The molecule has 3 aromatic rings. The molecular formula is C30H34FNO4. The van der Waals surface area contributed by atoms with Crippen LogP contribution in [0.3, 0.4) is 0 Å². The number of hydrogen-bond donors (Lipinski definition) is 1. The number of aryl methyl sites for hydroxylation is 2. The summed E-state index contributed by atoms with van der Waals surface area (Å²) in [5.41, 5.74) is 7.42. The van der Waals surface area contributed by atoms with Crippen LogP contribution in [-0.2, 0) is 25.5 Å². The molecule has 1 amide bonds. The number of carbonyl (C=O) groups excluding carboxylic acids is 2. The van der Waals surface area contributed by atoms with Gasteiger partial charge in [0, 0.05) is 12.7 Å². The third kappa shape index (κ3) is 6.00. The highest BCUT2D eigenvalue weighted by Gasteiger charge is 2.26. The van der Waals surface area contributed by atoms with Gasteiger partial charge in [0.1, 0.15) is 5.82 Å². The van der Waals surface area contributed by atoms with Gasteiger partial charge in [-0.25, -0.2) is 4.39 Å². The van der Waals surface area contributed by atoms with Gasteiger partial charge in [-0.15, -0.1) is 0 Å². The second kappa shape index (κ2) is 12.5. The normalized spacial score (nSPS) is 16.7. The lowest BCUT2D eigenvalue weighted by atomic mass is 9.88. The Hall–Kier alpha value is -3.51. The van der Waals surface area contributed by atoms with E-state index < -0.39 is 12.1 Å². The highest BCUT2D eigenvalue weighted by Crippen LogP contribution is 2.35. The molecule has 0 fully saturated rings. The van der Waals surface area contributed by atoms with E-state index in [4.69, 9.17) is 4.74 Å². The minimum absolute atomic E-state index is 0.262. The highest BCUT2D eigenvalue weighted by atomic mass is 19.1. The molecule has 0 saturated heterocycles. The molecule has 0 aromatic heterocycles. The molecule has 1 aliphatic heterocycles. The molecule has 0 saturated carbocycles. The summed E-state index contributed by atoms with van der Waals surface area (Å²) in [6.07, 6.45) is 0.535. The molecule has 4 bridgehead atoms. The lowest BCUT2D eigenvalue weighted by molar-refractivity contribution is -0.132. The van der Waals surface area contributed by atoms with Crippen LogP contribution in [0.1, 0.15) is 65.8 Å². The van der Waals surface area contributed by atoms with Crippen molar-refractivity contribution in [2.24, 2.45) is 0 Å². The number of benzene rings is 3. The van der Waals surface area contributed by atoms with Crippen molar-refractivity contribution < 1.29 is 23.5 Å². The van der Waals surface area contributed by atoms with E-state index in [1.807, 2.05) is 37.3 Å². The van der Waals surface area contributed by atoms with Gasteiger partial charge in [0.2, 0.25) is 0 Å². The molecule has 3 aromatic carbocycles. The van der Waals surface area contributed by atoms with Gasteiger partial charge in [-0.2, -0.15) is 0 Å². The maximum absolute atomic E-state index is 15.2. The summed E-state index contributed by atoms with van der Waals surface area (Å²) in [6, 6.07) is 17.6. The zero-order valence-electron chi connectivity index (χ0n) is 21.6. The molecule has 190 valence electrons. The van der Waals surface area contributed by atoms with Gasteiger partial charge < -0.3 is 14.8 Å². The Morgan fingerprint density at radius 1 is 1.06 bits per heavy atom. The van der Waals surface area contributed by atoms with Crippen molar-refractivity contribution in [3.8, 4) is 11.1 Å². The number of halogens is 1. The maximum Gasteiger partial charge on any atom is 0.293 e. The van der Waals surface area contributed by atoms with E-state index in [9.17, 15) is 9.59 Å². The first kappa shape index (κ1) is 27.1. The average molecular weight is 492 g/mol. The number of nitrogens with one attached hydrogen (secondary N) is 1. The van der Waals surface area contributed by atoms with Crippen LogP contribution in [0.2, 0.25) is 0 Å². The standard InChI is InChI=1S/C27H28FNO2.C3H6O2/c1-5-23-22-15-21(12-17(3)25(22)28)24-16(2)8-6-10-19(24)13-18-9-7-11-20(14-18)26(31-4)27(30)29-23;1-2-5-3-4/h6-12,14-15,23,26H,5,13H2,1-4H3,(H,29,30);3H,2H2,1H3/t23-,26?;/m0./s1. The summed E-state index contributed by atoms with van der Waals surface area (Å²) >= 11 is 0. The Bertz CT molecular complexity index is 1220. The Labute approximate surface area is 212 Å². The number of rotatable bonds is 4. The predicted octanol–water partition coefficient (Wildman–Crippen LogP) is 6.15. The van der Waals surface area contributed by atoms with E-state index >= 15 is 4.39 Å². The van der Waals surface area contributed by atoms with Crippen LogP contribution >= 0.6 is 0 Å². The lowest BCUT2D eigenvalue weighted by Crippen LogP contribution is -2.34. The number of carbonyl (C=O) groups is 2. The smallest absolute Gasteiger partial charge is 0.293 e. The van der Waals surface area contributed by atoms with Crippen molar-refractivity contribution in [1.82, 2.24) is 5.32 Å². The molecule has 1 unspecified atom stereocenters. The number of hydrogen-bond acceptors (Lipinski definition) is 4. The molecule has 1 aliphatic rings. The summed E-state index contributed by atoms with van der Waals surface area (Å²) in [4.78, 5) is 22.3. The molecule has 6 heteroatoms. The molecule has 1 N–H and O–H groups in total. The summed E-state index contributed by atoms with van der Waals surface area (Å²) in [5.74, 6) is -0.530. The number of amides is 1. The van der Waals surface area contributed by atoms with Gasteiger partial charge in [-0.1, -0.05) is 49.4 Å². The fourth-order valence-corrected chi connectivity index (χ4v) is 4.68. The second-order valence-electron chi connectivity index (χ2n) is 8.86. The quantitative estimate of drug-likeness (QED) is 0.445. The Morgan fingerprint density at radius 2 is 1.81 bits per heavy atom. The van der Waals surface area contributed by atoms with E-state index in [0.29, 0.717) is 37.0 Å². The number of methoxy groups -OCH3 is 1. The van der Waals surface area contributed by atoms with E-state index in [2.05, 4.69) is 41.2 Å². The summed E-state index contributed by atoms with van der Waals surface area (Å²) in [7, 11) is 1.53. The highest BCUT2D eigenvalue weighted by molar-refractivity contribution is 5.83. The van der Waals surface area contributed by atoms with Crippen LogP contribution in [0.4, 0.5) is 4.39 Å². The lowest BCUT2D eigenvalue weighted by Gasteiger charge is -2.23. The van der Waals surface area contributed by atoms with E-state index in [0.717, 1.165) is 27.8 Å². The molecule has 0 aliphatic carbocycles. The van der Waals surface area contributed by atoms with Crippen molar-refractivity contribution in [1.29, 1.82) is 0 Å². The first-order chi connectivity index (χ1) is 17.3. The third-order valence-electron chi connectivity index (χ3n) is 6.39. The molecule has 5 nitrogen and oxygen atoms in total. The van der Waals surface area contributed by atoms with Crippen molar-refractivity contribution in [3.63, 3.8) is 0 Å². The first-order valence-electron chi connectivity index (χ1n) is 12.2. The van der Waals surface area contributed by atoms with Crippen LogP contribution in [-0.4, -0.2) is 26.1 Å².